The third-order valence-electron chi connectivity index (χ3n) is 4.54. The fourth-order valence-corrected chi connectivity index (χ4v) is 3.41. The van der Waals surface area contributed by atoms with Crippen LogP contribution in [0.3, 0.4) is 0 Å². The first-order valence-electron chi connectivity index (χ1n) is 8.10. The standard InChI is InChI=1S/C16H34N2/c1-4-12-18(13-8-9-15(2)3)16(14-17)10-6-5-7-11-16/h15H,4-14,17H2,1-3H3. The average Bonchev–Trinajstić information content (AvgIpc) is 2.38. The fraction of sp³-hybridized carbons (Fsp3) is 1.00. The Morgan fingerprint density at radius 2 is 1.78 bits per heavy atom. The van der Waals surface area contributed by atoms with Crippen LogP contribution in [0.25, 0.3) is 0 Å². The van der Waals surface area contributed by atoms with Gasteiger partial charge in [0.05, 0.1) is 0 Å². The summed E-state index contributed by atoms with van der Waals surface area (Å²) in [7, 11) is 0. The summed E-state index contributed by atoms with van der Waals surface area (Å²) in [6.45, 7) is 10.3. The first kappa shape index (κ1) is 16.0. The summed E-state index contributed by atoms with van der Waals surface area (Å²) < 4.78 is 0. The zero-order chi connectivity index (χ0) is 13.4. The molecule has 0 aromatic heterocycles. The molecule has 0 saturated heterocycles. The van der Waals surface area contributed by atoms with E-state index in [0.717, 1.165) is 12.5 Å². The SMILES string of the molecule is CCCN(CCCC(C)C)C1(CN)CCCCC1. The molecule has 0 spiro atoms. The third-order valence-corrected chi connectivity index (χ3v) is 4.54. The molecule has 0 amide bonds. The van der Waals surface area contributed by atoms with Crippen LogP contribution >= 0.6 is 0 Å². The van der Waals surface area contributed by atoms with E-state index in [1.54, 1.807) is 0 Å². The van der Waals surface area contributed by atoms with Crippen LogP contribution in [0.2, 0.25) is 0 Å². The second-order valence-corrected chi connectivity index (χ2v) is 6.51. The van der Waals surface area contributed by atoms with Gasteiger partial charge >= 0.3 is 0 Å². The molecule has 2 N–H and O–H groups in total. The van der Waals surface area contributed by atoms with Crippen LogP contribution in [0.5, 0.6) is 0 Å². The van der Waals surface area contributed by atoms with Crippen molar-refractivity contribution in [2.24, 2.45) is 11.7 Å². The van der Waals surface area contributed by atoms with Gasteiger partial charge in [-0.05, 0) is 51.1 Å². The van der Waals surface area contributed by atoms with Crippen LogP contribution in [-0.2, 0) is 0 Å². The minimum absolute atomic E-state index is 0.339. The molecule has 0 bridgehead atoms. The van der Waals surface area contributed by atoms with Crippen LogP contribution in [0.1, 0.15) is 72.1 Å². The lowest BCUT2D eigenvalue weighted by Gasteiger charge is -2.46. The maximum Gasteiger partial charge on any atom is 0.0331 e. The van der Waals surface area contributed by atoms with Crippen molar-refractivity contribution in [2.75, 3.05) is 19.6 Å². The van der Waals surface area contributed by atoms with Crippen molar-refractivity contribution >= 4 is 0 Å². The average molecular weight is 254 g/mol. The lowest BCUT2D eigenvalue weighted by atomic mass is 9.80. The minimum Gasteiger partial charge on any atom is -0.329 e. The van der Waals surface area contributed by atoms with Gasteiger partial charge in [0.25, 0.3) is 0 Å². The van der Waals surface area contributed by atoms with Crippen molar-refractivity contribution in [2.45, 2.75) is 77.7 Å². The summed E-state index contributed by atoms with van der Waals surface area (Å²) in [6, 6.07) is 0. The first-order chi connectivity index (χ1) is 8.64. The first-order valence-corrected chi connectivity index (χ1v) is 8.10. The molecule has 18 heavy (non-hydrogen) atoms. The number of rotatable bonds is 8. The number of hydrogen-bond donors (Lipinski definition) is 1. The van der Waals surface area contributed by atoms with Crippen molar-refractivity contribution in [3.8, 4) is 0 Å². The zero-order valence-corrected chi connectivity index (χ0v) is 12.9. The molecule has 0 radical (unpaired) electrons. The molecule has 1 aliphatic rings. The lowest BCUT2D eigenvalue weighted by molar-refractivity contribution is 0.0543. The second-order valence-electron chi connectivity index (χ2n) is 6.51. The van der Waals surface area contributed by atoms with E-state index in [-0.39, 0.29) is 0 Å². The molecule has 0 heterocycles. The Morgan fingerprint density at radius 3 is 2.28 bits per heavy atom. The van der Waals surface area contributed by atoms with Gasteiger partial charge in [0.15, 0.2) is 0 Å². The number of nitrogens with two attached hydrogens (primary N) is 1. The van der Waals surface area contributed by atoms with E-state index in [1.165, 1.54) is 64.5 Å². The molecular formula is C16H34N2. The Labute approximate surface area is 114 Å². The summed E-state index contributed by atoms with van der Waals surface area (Å²) in [5.74, 6) is 0.827. The molecule has 0 unspecified atom stereocenters. The van der Waals surface area contributed by atoms with Gasteiger partial charge in [0.2, 0.25) is 0 Å². The van der Waals surface area contributed by atoms with Crippen LogP contribution in [0, 0.1) is 5.92 Å². The highest BCUT2D eigenvalue weighted by atomic mass is 15.2. The van der Waals surface area contributed by atoms with Gasteiger partial charge in [-0.15, -0.1) is 0 Å². The van der Waals surface area contributed by atoms with E-state index in [4.69, 9.17) is 5.73 Å². The lowest BCUT2D eigenvalue weighted by Crippen LogP contribution is -2.55. The predicted octanol–water partition coefficient (Wildman–Crippen LogP) is 3.80. The van der Waals surface area contributed by atoms with Crippen molar-refractivity contribution < 1.29 is 0 Å². The summed E-state index contributed by atoms with van der Waals surface area (Å²) in [4.78, 5) is 2.73. The number of nitrogens with zero attached hydrogens (tertiary/aromatic N) is 1. The van der Waals surface area contributed by atoms with E-state index in [2.05, 4.69) is 25.7 Å². The summed E-state index contributed by atoms with van der Waals surface area (Å²) in [6.07, 6.45) is 10.7. The van der Waals surface area contributed by atoms with Crippen molar-refractivity contribution in [3.05, 3.63) is 0 Å². The van der Waals surface area contributed by atoms with Gasteiger partial charge < -0.3 is 5.73 Å². The van der Waals surface area contributed by atoms with Gasteiger partial charge in [0, 0.05) is 12.1 Å². The summed E-state index contributed by atoms with van der Waals surface area (Å²) in [5, 5.41) is 0. The minimum atomic E-state index is 0.339. The Hall–Kier alpha value is -0.0800. The Balaban J connectivity index is 2.56. The normalized spacial score (nSPS) is 19.7. The molecule has 0 aromatic rings. The van der Waals surface area contributed by atoms with Gasteiger partial charge in [-0.25, -0.2) is 0 Å². The monoisotopic (exact) mass is 254 g/mol. The van der Waals surface area contributed by atoms with E-state index < -0.39 is 0 Å². The molecule has 2 nitrogen and oxygen atoms in total. The molecule has 0 aliphatic heterocycles. The molecule has 2 heteroatoms. The van der Waals surface area contributed by atoms with Gasteiger partial charge in [-0.3, -0.25) is 4.90 Å². The van der Waals surface area contributed by atoms with Crippen LogP contribution < -0.4 is 5.73 Å². The van der Waals surface area contributed by atoms with Crippen LogP contribution in [0.4, 0.5) is 0 Å². The van der Waals surface area contributed by atoms with Gasteiger partial charge in [-0.2, -0.15) is 0 Å². The Kier molecular flexibility index (Phi) is 7.25. The third kappa shape index (κ3) is 4.55. The fourth-order valence-electron chi connectivity index (χ4n) is 3.41. The maximum atomic E-state index is 6.16. The van der Waals surface area contributed by atoms with Crippen LogP contribution in [-0.4, -0.2) is 30.1 Å². The zero-order valence-electron chi connectivity index (χ0n) is 12.9. The molecule has 0 atom stereocenters. The summed E-state index contributed by atoms with van der Waals surface area (Å²) in [5.41, 5.74) is 6.50. The second kappa shape index (κ2) is 8.16. The molecule has 1 saturated carbocycles. The van der Waals surface area contributed by atoms with Crippen molar-refractivity contribution in [1.29, 1.82) is 0 Å². The Bertz CT molecular complexity index is 207. The van der Waals surface area contributed by atoms with E-state index in [9.17, 15) is 0 Å². The highest BCUT2D eigenvalue weighted by molar-refractivity contribution is 4.94. The van der Waals surface area contributed by atoms with Crippen molar-refractivity contribution in [1.82, 2.24) is 4.90 Å². The molecule has 108 valence electrons. The largest absolute Gasteiger partial charge is 0.329 e. The highest BCUT2D eigenvalue weighted by Gasteiger charge is 2.35. The molecule has 1 fully saturated rings. The van der Waals surface area contributed by atoms with Gasteiger partial charge in [0.1, 0.15) is 0 Å². The quantitative estimate of drug-likeness (QED) is 0.714. The number of hydrogen-bond acceptors (Lipinski definition) is 2. The summed E-state index contributed by atoms with van der Waals surface area (Å²) >= 11 is 0. The maximum absolute atomic E-state index is 6.16. The smallest absolute Gasteiger partial charge is 0.0331 e. The van der Waals surface area contributed by atoms with E-state index in [0.29, 0.717) is 5.54 Å². The van der Waals surface area contributed by atoms with Crippen LogP contribution in [0.15, 0.2) is 0 Å². The Morgan fingerprint density at radius 1 is 1.11 bits per heavy atom. The predicted molar refractivity (Wildman–Crippen MR) is 80.8 cm³/mol. The van der Waals surface area contributed by atoms with E-state index in [1.807, 2.05) is 0 Å². The molecular weight excluding hydrogens is 220 g/mol. The highest BCUT2D eigenvalue weighted by Crippen LogP contribution is 2.33. The molecule has 0 aromatic carbocycles. The topological polar surface area (TPSA) is 29.3 Å². The van der Waals surface area contributed by atoms with E-state index >= 15 is 0 Å². The van der Waals surface area contributed by atoms with Gasteiger partial charge in [-0.1, -0.05) is 40.0 Å². The van der Waals surface area contributed by atoms with Crippen molar-refractivity contribution in [3.63, 3.8) is 0 Å². The molecule has 1 aliphatic carbocycles. The molecule has 1 rings (SSSR count).